The van der Waals surface area contributed by atoms with E-state index in [-0.39, 0.29) is 12.0 Å². The zero-order valence-electron chi connectivity index (χ0n) is 15.3. The third-order valence-corrected chi connectivity index (χ3v) is 6.12. The second-order valence-corrected chi connectivity index (χ2v) is 7.90. The van der Waals surface area contributed by atoms with Crippen molar-refractivity contribution in [3.8, 4) is 0 Å². The maximum Gasteiger partial charge on any atom is 0.324 e. The molecule has 1 aliphatic carbocycles. The lowest BCUT2D eigenvalue weighted by Gasteiger charge is -2.28. The Kier molecular flexibility index (Phi) is 6.32. The standard InChI is InChI=1S/C19H31N3O4/c23-17(24)16-9-5-3-1-2-4-7-14-11-19(14,18(25)26)21-12-15-8-6-10-22(15)13-20-16/h4,7,14-16,20-21H,1-3,5-6,8-13H2,(H,23,24)(H,25,26)/b7-4-. The minimum Gasteiger partial charge on any atom is -0.480 e. The number of nitrogens with one attached hydrogen (secondary N) is 2. The predicted molar refractivity (Wildman–Crippen MR) is 97.9 cm³/mol. The lowest BCUT2D eigenvalue weighted by molar-refractivity contribution is -0.141. The van der Waals surface area contributed by atoms with Crippen molar-refractivity contribution in [1.29, 1.82) is 0 Å². The highest BCUT2D eigenvalue weighted by atomic mass is 16.4. The van der Waals surface area contributed by atoms with Gasteiger partial charge in [-0.1, -0.05) is 25.0 Å². The van der Waals surface area contributed by atoms with Crippen LogP contribution in [0.4, 0.5) is 0 Å². The molecule has 26 heavy (non-hydrogen) atoms. The van der Waals surface area contributed by atoms with Gasteiger partial charge in [0.05, 0.1) is 0 Å². The monoisotopic (exact) mass is 365 g/mol. The molecule has 146 valence electrons. The quantitative estimate of drug-likeness (QED) is 0.549. The second kappa shape index (κ2) is 8.50. The molecule has 3 rings (SSSR count). The molecule has 7 nitrogen and oxygen atoms in total. The highest BCUT2D eigenvalue weighted by molar-refractivity contribution is 5.84. The molecule has 0 radical (unpaired) electrons. The molecule has 4 atom stereocenters. The van der Waals surface area contributed by atoms with Crippen molar-refractivity contribution in [3.05, 3.63) is 12.2 Å². The van der Waals surface area contributed by atoms with Crippen molar-refractivity contribution < 1.29 is 19.8 Å². The van der Waals surface area contributed by atoms with E-state index in [1.165, 1.54) is 0 Å². The van der Waals surface area contributed by atoms with Gasteiger partial charge >= 0.3 is 11.9 Å². The van der Waals surface area contributed by atoms with Gasteiger partial charge in [-0.25, -0.2) is 0 Å². The van der Waals surface area contributed by atoms with Crippen LogP contribution in [0.1, 0.15) is 51.4 Å². The molecule has 7 heteroatoms. The lowest BCUT2D eigenvalue weighted by Crippen LogP contribution is -2.51. The third-order valence-electron chi connectivity index (χ3n) is 6.12. The third kappa shape index (κ3) is 4.45. The van der Waals surface area contributed by atoms with Crippen LogP contribution in [0.2, 0.25) is 0 Å². The molecular formula is C19H31N3O4. The zero-order valence-corrected chi connectivity index (χ0v) is 15.3. The molecule has 2 aliphatic heterocycles. The first-order valence-corrected chi connectivity index (χ1v) is 9.88. The van der Waals surface area contributed by atoms with Crippen LogP contribution < -0.4 is 10.6 Å². The largest absolute Gasteiger partial charge is 0.480 e. The van der Waals surface area contributed by atoms with E-state index in [2.05, 4.69) is 27.7 Å². The zero-order chi connectivity index (χ0) is 18.6. The molecule has 1 saturated heterocycles. The van der Waals surface area contributed by atoms with Crippen molar-refractivity contribution in [3.63, 3.8) is 0 Å². The SMILES string of the molecule is O=C(O)C1CCCCC/C=C\C2CC2(C(=O)O)NCC2CCCN2CN1. The van der Waals surface area contributed by atoms with Gasteiger partial charge in [0.15, 0.2) is 0 Å². The smallest absolute Gasteiger partial charge is 0.324 e. The summed E-state index contributed by atoms with van der Waals surface area (Å²) >= 11 is 0. The fraction of sp³-hybridized carbons (Fsp3) is 0.789. The Morgan fingerprint density at radius 1 is 1.12 bits per heavy atom. The molecule has 0 bridgehead atoms. The topological polar surface area (TPSA) is 102 Å². The molecule has 0 aromatic heterocycles. The fourth-order valence-corrected chi connectivity index (χ4v) is 4.27. The molecule has 0 amide bonds. The number of nitrogens with zero attached hydrogens (tertiary/aromatic N) is 1. The number of fused-ring (bicyclic) bond motifs is 2. The number of carboxylic acid groups (broad SMARTS) is 2. The van der Waals surface area contributed by atoms with Gasteiger partial charge in [0.25, 0.3) is 0 Å². The molecule has 0 aromatic rings. The minimum absolute atomic E-state index is 0.0808. The predicted octanol–water partition coefficient (Wildman–Crippen LogP) is 1.40. The Bertz CT molecular complexity index is 553. The Hall–Kier alpha value is -1.44. The Morgan fingerprint density at radius 3 is 2.73 bits per heavy atom. The first-order valence-electron chi connectivity index (χ1n) is 9.88. The van der Waals surface area contributed by atoms with Crippen molar-refractivity contribution in [2.45, 2.75) is 69.0 Å². The van der Waals surface area contributed by atoms with Crippen LogP contribution >= 0.6 is 0 Å². The molecule has 0 spiro atoms. The average molecular weight is 365 g/mol. The Labute approximate surface area is 154 Å². The molecule has 4 unspecified atom stereocenters. The first-order chi connectivity index (χ1) is 12.5. The van der Waals surface area contributed by atoms with Crippen LogP contribution in [-0.2, 0) is 9.59 Å². The van der Waals surface area contributed by atoms with Gasteiger partial charge in [0.2, 0.25) is 0 Å². The molecule has 1 saturated carbocycles. The van der Waals surface area contributed by atoms with Gasteiger partial charge in [-0.05, 0) is 45.1 Å². The second-order valence-electron chi connectivity index (χ2n) is 7.90. The number of hydrogen-bond donors (Lipinski definition) is 4. The van der Waals surface area contributed by atoms with Gasteiger partial charge in [-0.2, -0.15) is 0 Å². The molecule has 0 aromatic carbocycles. The van der Waals surface area contributed by atoms with Crippen LogP contribution in [-0.4, -0.2) is 64.4 Å². The highest BCUT2D eigenvalue weighted by Gasteiger charge is 2.59. The summed E-state index contributed by atoms with van der Waals surface area (Å²) < 4.78 is 0. The van der Waals surface area contributed by atoms with E-state index >= 15 is 0 Å². The number of carbonyl (C=O) groups is 2. The fourth-order valence-electron chi connectivity index (χ4n) is 4.27. The minimum atomic E-state index is -0.807. The van der Waals surface area contributed by atoms with Crippen molar-refractivity contribution >= 4 is 11.9 Å². The van der Waals surface area contributed by atoms with Crippen molar-refractivity contribution in [1.82, 2.24) is 15.5 Å². The molecule has 2 fully saturated rings. The van der Waals surface area contributed by atoms with Gasteiger partial charge in [-0.15, -0.1) is 0 Å². The van der Waals surface area contributed by atoms with E-state index in [9.17, 15) is 19.8 Å². The molecule has 3 aliphatic rings. The maximum atomic E-state index is 11.8. The first kappa shape index (κ1) is 19.3. The van der Waals surface area contributed by atoms with E-state index in [1.54, 1.807) is 0 Å². The van der Waals surface area contributed by atoms with Crippen LogP contribution in [0.5, 0.6) is 0 Å². The summed E-state index contributed by atoms with van der Waals surface area (Å²) in [6.45, 7) is 2.11. The number of aliphatic carboxylic acids is 2. The number of allylic oxidation sites excluding steroid dienone is 1. The Morgan fingerprint density at radius 2 is 1.96 bits per heavy atom. The number of rotatable bonds is 2. The summed E-state index contributed by atoms with van der Waals surface area (Å²) in [5.41, 5.74) is -0.807. The molecule has 2 heterocycles. The van der Waals surface area contributed by atoms with Crippen LogP contribution in [0, 0.1) is 5.92 Å². The van der Waals surface area contributed by atoms with E-state index in [1.807, 2.05) is 0 Å². The van der Waals surface area contributed by atoms with Gasteiger partial charge in [0, 0.05) is 25.2 Å². The van der Waals surface area contributed by atoms with Gasteiger partial charge < -0.3 is 10.2 Å². The average Bonchev–Trinajstić information content (AvgIpc) is 3.13. The van der Waals surface area contributed by atoms with Crippen molar-refractivity contribution in [2.75, 3.05) is 19.8 Å². The van der Waals surface area contributed by atoms with Crippen molar-refractivity contribution in [2.24, 2.45) is 5.92 Å². The Balaban J connectivity index is 1.66. The van der Waals surface area contributed by atoms with Crippen LogP contribution in [0.3, 0.4) is 0 Å². The maximum absolute atomic E-state index is 11.8. The number of hydrogen-bond acceptors (Lipinski definition) is 5. The summed E-state index contributed by atoms with van der Waals surface area (Å²) in [6.07, 6.45) is 11.4. The van der Waals surface area contributed by atoms with Crippen LogP contribution in [0.25, 0.3) is 0 Å². The van der Waals surface area contributed by atoms with E-state index < -0.39 is 23.5 Å². The summed E-state index contributed by atoms with van der Waals surface area (Å²) in [5, 5.41) is 25.6. The number of carboxylic acids is 2. The normalized spacial score (nSPS) is 38.1. The summed E-state index contributed by atoms with van der Waals surface area (Å²) in [6, 6.07) is -0.253. The summed E-state index contributed by atoms with van der Waals surface area (Å²) in [5.74, 6) is -1.47. The van der Waals surface area contributed by atoms with Gasteiger partial charge in [0.1, 0.15) is 11.6 Å². The summed E-state index contributed by atoms with van der Waals surface area (Å²) in [7, 11) is 0. The van der Waals surface area contributed by atoms with E-state index in [0.29, 0.717) is 26.1 Å². The highest BCUT2D eigenvalue weighted by Crippen LogP contribution is 2.45. The molecular weight excluding hydrogens is 334 g/mol. The van der Waals surface area contributed by atoms with E-state index in [4.69, 9.17) is 0 Å². The van der Waals surface area contributed by atoms with E-state index in [0.717, 1.165) is 45.1 Å². The lowest BCUT2D eigenvalue weighted by atomic mass is 10.1. The summed E-state index contributed by atoms with van der Waals surface area (Å²) in [4.78, 5) is 25.5. The molecule has 4 N–H and O–H groups in total. The van der Waals surface area contributed by atoms with Crippen LogP contribution in [0.15, 0.2) is 12.2 Å². The van der Waals surface area contributed by atoms with Gasteiger partial charge in [-0.3, -0.25) is 25.1 Å².